The van der Waals surface area contributed by atoms with E-state index in [9.17, 15) is 4.79 Å². The molecule has 1 rings (SSSR count). The lowest BCUT2D eigenvalue weighted by atomic mass is 10.1. The summed E-state index contributed by atoms with van der Waals surface area (Å²) in [6.45, 7) is 8.63. The van der Waals surface area contributed by atoms with E-state index in [2.05, 4.69) is 24.5 Å². The third-order valence-corrected chi connectivity index (χ3v) is 3.34. The number of urea groups is 1. The van der Waals surface area contributed by atoms with E-state index in [1.165, 1.54) is 0 Å². The van der Waals surface area contributed by atoms with Crippen molar-refractivity contribution in [3.63, 3.8) is 0 Å². The maximum absolute atomic E-state index is 11.7. The lowest BCUT2D eigenvalue weighted by molar-refractivity contribution is 0.218. The van der Waals surface area contributed by atoms with Gasteiger partial charge in [-0.05, 0) is 43.9 Å². The molecule has 5 heteroatoms. The number of ether oxygens (including phenoxy) is 1. The van der Waals surface area contributed by atoms with Crippen molar-refractivity contribution < 1.29 is 14.6 Å². The number of hydrogen-bond acceptors (Lipinski definition) is 3. The summed E-state index contributed by atoms with van der Waals surface area (Å²) >= 11 is 0. The molecule has 0 saturated heterocycles. The van der Waals surface area contributed by atoms with Gasteiger partial charge in [0.2, 0.25) is 0 Å². The van der Waals surface area contributed by atoms with Crippen LogP contribution in [0.3, 0.4) is 0 Å². The van der Waals surface area contributed by atoms with Gasteiger partial charge in [0.15, 0.2) is 0 Å². The van der Waals surface area contributed by atoms with Crippen molar-refractivity contribution in [2.45, 2.75) is 46.2 Å². The first-order chi connectivity index (χ1) is 10.4. The van der Waals surface area contributed by atoms with Crippen LogP contribution in [0.25, 0.3) is 0 Å². The number of carbonyl (C=O) groups excluding carboxylic acids is 1. The molecule has 0 aliphatic carbocycles. The Morgan fingerprint density at radius 3 is 2.32 bits per heavy atom. The third kappa shape index (κ3) is 6.80. The highest BCUT2D eigenvalue weighted by Gasteiger charge is 2.11. The Hall–Kier alpha value is -1.75. The molecule has 0 aliphatic rings. The number of hydrogen-bond donors (Lipinski definition) is 3. The Morgan fingerprint density at radius 1 is 1.14 bits per heavy atom. The van der Waals surface area contributed by atoms with Crippen LogP contribution >= 0.6 is 0 Å². The van der Waals surface area contributed by atoms with E-state index in [1.54, 1.807) is 6.92 Å². The summed E-state index contributed by atoms with van der Waals surface area (Å²) in [7, 11) is 0. The summed E-state index contributed by atoms with van der Waals surface area (Å²) in [4.78, 5) is 11.7. The number of aliphatic hydroxyl groups excluding tert-OH is 1. The molecule has 2 atom stereocenters. The molecule has 5 nitrogen and oxygen atoms in total. The predicted octanol–water partition coefficient (Wildman–Crippen LogP) is 2.85. The van der Waals surface area contributed by atoms with Gasteiger partial charge in [-0.2, -0.15) is 0 Å². The molecule has 0 saturated carbocycles. The van der Waals surface area contributed by atoms with Crippen LogP contribution in [-0.4, -0.2) is 30.4 Å². The third-order valence-electron chi connectivity index (χ3n) is 3.34. The fraction of sp³-hybridized carbons (Fsp3) is 0.588. The van der Waals surface area contributed by atoms with Crippen LogP contribution in [0.5, 0.6) is 5.75 Å². The highest BCUT2D eigenvalue weighted by molar-refractivity contribution is 5.74. The monoisotopic (exact) mass is 308 g/mol. The molecule has 0 aliphatic heterocycles. The summed E-state index contributed by atoms with van der Waals surface area (Å²) in [6, 6.07) is 7.08. The Kier molecular flexibility index (Phi) is 7.74. The minimum atomic E-state index is -0.286. The van der Waals surface area contributed by atoms with Gasteiger partial charge in [-0.1, -0.05) is 26.0 Å². The maximum atomic E-state index is 11.7. The van der Waals surface area contributed by atoms with Gasteiger partial charge >= 0.3 is 6.03 Å². The van der Waals surface area contributed by atoms with Crippen LogP contribution in [0.4, 0.5) is 4.79 Å². The molecule has 0 fully saturated rings. The number of amides is 2. The van der Waals surface area contributed by atoms with Gasteiger partial charge in [0.05, 0.1) is 25.3 Å². The zero-order valence-corrected chi connectivity index (χ0v) is 13.9. The predicted molar refractivity (Wildman–Crippen MR) is 88.0 cm³/mol. The second kappa shape index (κ2) is 9.30. The quantitative estimate of drug-likeness (QED) is 0.691. The largest absolute Gasteiger partial charge is 0.494 e. The smallest absolute Gasteiger partial charge is 0.315 e. The first kappa shape index (κ1) is 18.3. The Balaban J connectivity index is 2.46. The molecule has 0 bridgehead atoms. The fourth-order valence-corrected chi connectivity index (χ4v) is 1.86. The molecule has 3 N–H and O–H groups in total. The van der Waals surface area contributed by atoms with Gasteiger partial charge in [0.1, 0.15) is 5.75 Å². The van der Waals surface area contributed by atoms with E-state index in [1.807, 2.05) is 31.2 Å². The van der Waals surface area contributed by atoms with Gasteiger partial charge in [0.25, 0.3) is 0 Å². The zero-order chi connectivity index (χ0) is 16.5. The average Bonchev–Trinajstić information content (AvgIpc) is 2.47. The molecule has 0 radical (unpaired) electrons. The van der Waals surface area contributed by atoms with Crippen LogP contribution < -0.4 is 15.4 Å². The standard InChI is InChI=1S/C17H28N2O3/c1-12(2)9-10-22-16-7-5-15(6-8-16)14(4)19-17(21)18-13(3)11-20/h5-8,12-14,20H,9-11H2,1-4H3,(H2,18,19,21). The highest BCUT2D eigenvalue weighted by atomic mass is 16.5. The van der Waals surface area contributed by atoms with Crippen molar-refractivity contribution in [1.29, 1.82) is 0 Å². The van der Waals surface area contributed by atoms with Crippen molar-refractivity contribution in [3.05, 3.63) is 29.8 Å². The van der Waals surface area contributed by atoms with Crippen molar-refractivity contribution in [1.82, 2.24) is 10.6 Å². The highest BCUT2D eigenvalue weighted by Crippen LogP contribution is 2.18. The summed E-state index contributed by atoms with van der Waals surface area (Å²) < 4.78 is 5.67. The van der Waals surface area contributed by atoms with Crippen LogP contribution in [0.15, 0.2) is 24.3 Å². The number of nitrogens with one attached hydrogen (secondary N) is 2. The minimum Gasteiger partial charge on any atom is -0.494 e. The molecule has 0 aromatic heterocycles. The Morgan fingerprint density at radius 2 is 1.77 bits per heavy atom. The Labute approximate surface area is 133 Å². The lowest BCUT2D eigenvalue weighted by Crippen LogP contribution is -2.43. The van der Waals surface area contributed by atoms with E-state index in [0.717, 1.165) is 17.7 Å². The van der Waals surface area contributed by atoms with Crippen LogP contribution in [-0.2, 0) is 0 Å². The molecular formula is C17H28N2O3. The van der Waals surface area contributed by atoms with Gasteiger partial charge in [-0.3, -0.25) is 0 Å². The molecule has 2 amide bonds. The summed E-state index contributed by atoms with van der Waals surface area (Å²) in [5.41, 5.74) is 1.00. The van der Waals surface area contributed by atoms with Crippen molar-refractivity contribution >= 4 is 6.03 Å². The number of carbonyl (C=O) groups is 1. The van der Waals surface area contributed by atoms with Crippen LogP contribution in [0.2, 0.25) is 0 Å². The molecule has 2 unspecified atom stereocenters. The van der Waals surface area contributed by atoms with E-state index >= 15 is 0 Å². The van der Waals surface area contributed by atoms with Gasteiger partial charge < -0.3 is 20.5 Å². The molecular weight excluding hydrogens is 280 g/mol. The summed E-state index contributed by atoms with van der Waals surface area (Å²) in [5, 5.41) is 14.4. The number of rotatable bonds is 8. The van der Waals surface area contributed by atoms with E-state index in [4.69, 9.17) is 9.84 Å². The SMILES string of the molecule is CC(C)CCOc1ccc(C(C)NC(=O)NC(C)CO)cc1. The van der Waals surface area contributed by atoms with Crippen LogP contribution in [0, 0.1) is 5.92 Å². The van der Waals surface area contributed by atoms with Crippen molar-refractivity contribution in [3.8, 4) is 5.75 Å². The van der Waals surface area contributed by atoms with E-state index in [0.29, 0.717) is 12.5 Å². The maximum Gasteiger partial charge on any atom is 0.315 e. The lowest BCUT2D eigenvalue weighted by Gasteiger charge is -2.17. The molecule has 124 valence electrons. The number of aliphatic hydroxyl groups is 1. The second-order valence-corrected chi connectivity index (χ2v) is 6.02. The summed E-state index contributed by atoms with van der Waals surface area (Å²) in [5.74, 6) is 1.47. The fourth-order valence-electron chi connectivity index (χ4n) is 1.86. The Bertz CT molecular complexity index is 446. The summed E-state index contributed by atoms with van der Waals surface area (Å²) in [6.07, 6.45) is 1.03. The molecule has 0 spiro atoms. The second-order valence-electron chi connectivity index (χ2n) is 6.02. The average molecular weight is 308 g/mol. The normalized spacial score (nSPS) is 13.5. The minimum absolute atomic E-state index is 0.0792. The molecule has 1 aromatic rings. The van der Waals surface area contributed by atoms with Gasteiger partial charge in [-0.15, -0.1) is 0 Å². The first-order valence-corrected chi connectivity index (χ1v) is 7.83. The van der Waals surface area contributed by atoms with Crippen molar-refractivity contribution in [2.24, 2.45) is 5.92 Å². The van der Waals surface area contributed by atoms with Crippen LogP contribution in [0.1, 0.15) is 45.7 Å². The van der Waals surface area contributed by atoms with E-state index in [-0.39, 0.29) is 24.7 Å². The van der Waals surface area contributed by atoms with Gasteiger partial charge in [-0.25, -0.2) is 4.79 Å². The van der Waals surface area contributed by atoms with Crippen molar-refractivity contribution in [2.75, 3.05) is 13.2 Å². The zero-order valence-electron chi connectivity index (χ0n) is 13.9. The molecule has 1 aromatic carbocycles. The first-order valence-electron chi connectivity index (χ1n) is 7.83. The van der Waals surface area contributed by atoms with Gasteiger partial charge in [0, 0.05) is 0 Å². The molecule has 0 heterocycles. The van der Waals surface area contributed by atoms with E-state index < -0.39 is 0 Å². The number of benzene rings is 1. The topological polar surface area (TPSA) is 70.6 Å². The molecule has 22 heavy (non-hydrogen) atoms.